The van der Waals surface area contributed by atoms with Crippen molar-refractivity contribution in [1.29, 1.82) is 0 Å². The van der Waals surface area contributed by atoms with Crippen LogP contribution in [0.4, 0.5) is 11.4 Å². The van der Waals surface area contributed by atoms with Crippen LogP contribution in [0.5, 0.6) is 0 Å². The number of rotatable bonds is 4. The van der Waals surface area contributed by atoms with Crippen LogP contribution in [0.25, 0.3) is 0 Å². The molecule has 0 aliphatic rings. The van der Waals surface area contributed by atoms with Gasteiger partial charge in [0.15, 0.2) is 0 Å². The predicted molar refractivity (Wildman–Crippen MR) is 91.5 cm³/mol. The van der Waals surface area contributed by atoms with Crippen molar-refractivity contribution in [2.24, 2.45) is 7.05 Å². The van der Waals surface area contributed by atoms with Crippen molar-refractivity contribution in [1.82, 2.24) is 4.57 Å². The molecule has 0 saturated carbocycles. The van der Waals surface area contributed by atoms with Crippen molar-refractivity contribution < 1.29 is 4.79 Å². The first-order valence-corrected chi connectivity index (χ1v) is 6.78. The van der Waals surface area contributed by atoms with Crippen molar-refractivity contribution >= 4 is 29.7 Å². The van der Waals surface area contributed by atoms with Crippen LogP contribution in [0, 0.1) is 6.92 Å². The third-order valence-corrected chi connectivity index (χ3v) is 3.39. The molecule has 1 heterocycles. The Kier molecular flexibility index (Phi) is 6.19. The molecule has 0 fully saturated rings. The normalized spacial score (nSPS) is 9.91. The van der Waals surface area contributed by atoms with Crippen LogP contribution in [0.15, 0.2) is 41.3 Å². The number of anilines is 2. The van der Waals surface area contributed by atoms with E-state index < -0.39 is 0 Å². The molecule has 0 atom stereocenters. The van der Waals surface area contributed by atoms with Crippen LogP contribution in [-0.2, 0) is 18.3 Å². The molecule has 0 spiro atoms. The summed E-state index contributed by atoms with van der Waals surface area (Å²) in [6, 6.07) is 9.02. The molecule has 118 valence electrons. The molecule has 0 aliphatic carbocycles. The van der Waals surface area contributed by atoms with E-state index in [4.69, 9.17) is 5.73 Å². The molecule has 22 heavy (non-hydrogen) atoms. The van der Waals surface area contributed by atoms with Gasteiger partial charge in [0.25, 0.3) is 5.56 Å². The van der Waals surface area contributed by atoms with Gasteiger partial charge < -0.3 is 15.6 Å². The topological polar surface area (TPSA) is 77.1 Å². The minimum Gasteiger partial charge on any atom is -0.399 e. The molecule has 0 radical (unpaired) electrons. The highest BCUT2D eigenvalue weighted by Crippen LogP contribution is 2.15. The molecule has 1 aromatic carbocycles. The summed E-state index contributed by atoms with van der Waals surface area (Å²) in [4.78, 5) is 23.5. The number of benzene rings is 1. The van der Waals surface area contributed by atoms with E-state index in [1.807, 2.05) is 24.3 Å². The Labute approximate surface area is 135 Å². The molecule has 1 amide bonds. The lowest BCUT2D eigenvalue weighted by Gasteiger charge is -2.10. The van der Waals surface area contributed by atoms with Crippen LogP contribution in [-0.4, -0.2) is 10.5 Å². The van der Waals surface area contributed by atoms with Gasteiger partial charge in [0.05, 0.1) is 5.69 Å². The molecule has 0 saturated heterocycles. The molecular formula is C16H20ClN3O2. The fourth-order valence-corrected chi connectivity index (χ4v) is 2.08. The maximum absolute atomic E-state index is 12.0. The van der Waals surface area contributed by atoms with Gasteiger partial charge in [-0.2, -0.15) is 0 Å². The number of para-hydroxylation sites is 1. The Morgan fingerprint density at radius 3 is 2.68 bits per heavy atom. The average molecular weight is 322 g/mol. The number of carbonyl (C=O) groups excluding carboxylic acids is 1. The zero-order valence-electron chi connectivity index (χ0n) is 12.6. The molecule has 0 bridgehead atoms. The molecule has 6 heteroatoms. The summed E-state index contributed by atoms with van der Waals surface area (Å²) in [7, 11) is 1.65. The summed E-state index contributed by atoms with van der Waals surface area (Å²) in [6.07, 6.45) is 2.56. The van der Waals surface area contributed by atoms with E-state index in [0.717, 1.165) is 11.1 Å². The molecule has 2 rings (SSSR count). The number of nitrogens with one attached hydrogen (secondary N) is 1. The Bertz CT molecular complexity index is 726. The van der Waals surface area contributed by atoms with Gasteiger partial charge in [-0.05, 0) is 30.5 Å². The molecule has 1 aromatic heterocycles. The first-order chi connectivity index (χ1) is 9.97. The number of aromatic nitrogens is 1. The highest BCUT2D eigenvalue weighted by Gasteiger charge is 2.08. The SMILES string of the molecule is Cc1cc(=O)n(C)cc1NC(=O)CCc1ccccc1N.Cl. The Balaban J connectivity index is 0.00000242. The molecule has 2 aromatic rings. The van der Waals surface area contributed by atoms with E-state index in [-0.39, 0.29) is 23.9 Å². The monoisotopic (exact) mass is 321 g/mol. The van der Waals surface area contributed by atoms with E-state index in [1.54, 1.807) is 20.2 Å². The van der Waals surface area contributed by atoms with E-state index >= 15 is 0 Å². The minimum atomic E-state index is -0.0972. The molecule has 0 aliphatic heterocycles. The van der Waals surface area contributed by atoms with Crippen LogP contribution in [0.1, 0.15) is 17.5 Å². The van der Waals surface area contributed by atoms with Crippen molar-refractivity contribution in [2.45, 2.75) is 19.8 Å². The second kappa shape index (κ2) is 7.66. The zero-order valence-corrected chi connectivity index (χ0v) is 13.4. The van der Waals surface area contributed by atoms with Gasteiger partial charge in [0.2, 0.25) is 5.91 Å². The summed E-state index contributed by atoms with van der Waals surface area (Å²) < 4.78 is 1.44. The van der Waals surface area contributed by atoms with E-state index in [9.17, 15) is 9.59 Å². The summed E-state index contributed by atoms with van der Waals surface area (Å²) in [5.74, 6) is -0.0972. The first-order valence-electron chi connectivity index (χ1n) is 6.78. The van der Waals surface area contributed by atoms with Crippen LogP contribution in [0.3, 0.4) is 0 Å². The van der Waals surface area contributed by atoms with Crippen molar-refractivity contribution in [3.05, 3.63) is 58.0 Å². The number of hydrogen-bond acceptors (Lipinski definition) is 3. The van der Waals surface area contributed by atoms with Gasteiger partial charge >= 0.3 is 0 Å². The highest BCUT2D eigenvalue weighted by atomic mass is 35.5. The lowest BCUT2D eigenvalue weighted by Crippen LogP contribution is -2.19. The van der Waals surface area contributed by atoms with Crippen molar-refractivity contribution in [3.63, 3.8) is 0 Å². The number of halogens is 1. The summed E-state index contributed by atoms with van der Waals surface area (Å²) >= 11 is 0. The number of nitrogens with zero attached hydrogens (tertiary/aromatic N) is 1. The standard InChI is InChI=1S/C16H19N3O2.ClH/c1-11-9-16(21)19(2)10-14(11)18-15(20)8-7-12-5-3-4-6-13(12)17;/h3-6,9-10H,7-8,17H2,1-2H3,(H,18,20);1H. The average Bonchev–Trinajstić information content (AvgIpc) is 2.44. The van der Waals surface area contributed by atoms with Gasteiger partial charge in [0.1, 0.15) is 0 Å². The Hall–Kier alpha value is -2.27. The fraction of sp³-hybridized carbons (Fsp3) is 0.250. The summed E-state index contributed by atoms with van der Waals surface area (Å²) in [6.45, 7) is 1.80. The number of hydrogen-bond donors (Lipinski definition) is 2. The molecule has 0 unspecified atom stereocenters. The smallest absolute Gasteiger partial charge is 0.250 e. The minimum absolute atomic E-state index is 0. The van der Waals surface area contributed by atoms with E-state index in [0.29, 0.717) is 24.2 Å². The third kappa shape index (κ3) is 4.36. The van der Waals surface area contributed by atoms with Crippen LogP contribution >= 0.6 is 12.4 Å². The number of nitrogens with two attached hydrogens (primary N) is 1. The first kappa shape index (κ1) is 17.8. The van der Waals surface area contributed by atoms with Crippen LogP contribution < -0.4 is 16.6 Å². The van der Waals surface area contributed by atoms with Gasteiger partial charge in [-0.25, -0.2) is 0 Å². The fourth-order valence-electron chi connectivity index (χ4n) is 2.08. The van der Waals surface area contributed by atoms with Crippen molar-refractivity contribution in [3.8, 4) is 0 Å². The quantitative estimate of drug-likeness (QED) is 0.848. The third-order valence-electron chi connectivity index (χ3n) is 3.39. The summed E-state index contributed by atoms with van der Waals surface area (Å²) in [5.41, 5.74) is 8.83. The number of aryl methyl sites for hydroxylation is 3. The molecule has 5 nitrogen and oxygen atoms in total. The van der Waals surface area contributed by atoms with Gasteiger partial charge in [-0.3, -0.25) is 9.59 Å². The largest absolute Gasteiger partial charge is 0.399 e. The van der Waals surface area contributed by atoms with Gasteiger partial charge in [-0.15, -0.1) is 12.4 Å². The number of pyridine rings is 1. The number of carbonyl (C=O) groups is 1. The maximum Gasteiger partial charge on any atom is 0.250 e. The summed E-state index contributed by atoms with van der Waals surface area (Å²) in [5, 5.41) is 2.83. The second-order valence-electron chi connectivity index (χ2n) is 5.07. The Morgan fingerprint density at radius 2 is 2.00 bits per heavy atom. The number of nitrogen functional groups attached to an aromatic ring is 1. The second-order valence-corrected chi connectivity index (χ2v) is 5.07. The number of amides is 1. The van der Waals surface area contributed by atoms with E-state index in [2.05, 4.69) is 5.32 Å². The highest BCUT2D eigenvalue weighted by molar-refractivity contribution is 5.91. The lowest BCUT2D eigenvalue weighted by atomic mass is 10.1. The zero-order chi connectivity index (χ0) is 15.4. The van der Waals surface area contributed by atoms with Crippen molar-refractivity contribution in [2.75, 3.05) is 11.1 Å². The van der Waals surface area contributed by atoms with Gasteiger partial charge in [0, 0.05) is 31.4 Å². The Morgan fingerprint density at radius 1 is 1.32 bits per heavy atom. The predicted octanol–water partition coefficient (Wildman–Crippen LogP) is 2.27. The lowest BCUT2D eigenvalue weighted by molar-refractivity contribution is -0.116. The van der Waals surface area contributed by atoms with Gasteiger partial charge in [-0.1, -0.05) is 18.2 Å². The van der Waals surface area contributed by atoms with Crippen LogP contribution in [0.2, 0.25) is 0 Å². The molecule has 3 N–H and O–H groups in total. The van der Waals surface area contributed by atoms with E-state index in [1.165, 1.54) is 10.6 Å². The molecular weight excluding hydrogens is 302 g/mol. The maximum atomic E-state index is 12.0.